The van der Waals surface area contributed by atoms with E-state index in [1.165, 1.54) is 11.1 Å². The number of phenols is 1. The van der Waals surface area contributed by atoms with Crippen LogP contribution in [0.2, 0.25) is 0 Å². The monoisotopic (exact) mass is 328 g/mol. The van der Waals surface area contributed by atoms with Crippen molar-refractivity contribution < 1.29 is 14.9 Å². The highest BCUT2D eigenvalue weighted by Gasteiger charge is 2.22. The third kappa shape index (κ3) is 4.75. The van der Waals surface area contributed by atoms with Crippen molar-refractivity contribution in [1.29, 1.82) is 0 Å². The SMILES string of the molecule is CC[C@H](c1ccc(O)cc1)[C@@H](CC)c1ccc(OCC(C)O)cc1. The number of ether oxygens (including phenoxy) is 1. The summed E-state index contributed by atoms with van der Waals surface area (Å²) in [6.45, 7) is 6.44. The van der Waals surface area contributed by atoms with Gasteiger partial charge in [-0.05, 0) is 67.0 Å². The zero-order valence-corrected chi connectivity index (χ0v) is 14.8. The second kappa shape index (κ2) is 8.74. The van der Waals surface area contributed by atoms with Gasteiger partial charge in [-0.3, -0.25) is 0 Å². The Kier molecular flexibility index (Phi) is 6.68. The van der Waals surface area contributed by atoms with E-state index in [4.69, 9.17) is 4.74 Å². The molecule has 3 heteroatoms. The van der Waals surface area contributed by atoms with Crippen LogP contribution in [0.3, 0.4) is 0 Å². The van der Waals surface area contributed by atoms with Crippen LogP contribution >= 0.6 is 0 Å². The summed E-state index contributed by atoms with van der Waals surface area (Å²) < 4.78 is 5.54. The average Bonchev–Trinajstić information content (AvgIpc) is 2.59. The molecule has 0 bridgehead atoms. The number of aromatic hydroxyl groups is 1. The summed E-state index contributed by atoms with van der Waals surface area (Å²) in [7, 11) is 0. The molecular formula is C21H28O3. The first-order valence-electron chi connectivity index (χ1n) is 8.74. The minimum absolute atomic E-state index is 0.307. The molecule has 0 heterocycles. The van der Waals surface area contributed by atoms with Gasteiger partial charge in [0, 0.05) is 0 Å². The van der Waals surface area contributed by atoms with E-state index in [1.807, 2.05) is 24.3 Å². The number of rotatable bonds is 8. The Hall–Kier alpha value is -2.00. The molecule has 0 fully saturated rings. The first-order valence-corrected chi connectivity index (χ1v) is 8.74. The van der Waals surface area contributed by atoms with Crippen molar-refractivity contribution in [3.63, 3.8) is 0 Å². The number of aliphatic hydroxyl groups is 1. The molecule has 0 amide bonds. The van der Waals surface area contributed by atoms with Crippen LogP contribution in [0.25, 0.3) is 0 Å². The number of phenolic OH excluding ortho intramolecular Hbond substituents is 1. The van der Waals surface area contributed by atoms with Crippen molar-refractivity contribution in [2.75, 3.05) is 6.61 Å². The van der Waals surface area contributed by atoms with Gasteiger partial charge >= 0.3 is 0 Å². The van der Waals surface area contributed by atoms with Crippen molar-refractivity contribution in [2.24, 2.45) is 0 Å². The van der Waals surface area contributed by atoms with Crippen LogP contribution in [-0.4, -0.2) is 22.9 Å². The Morgan fingerprint density at radius 2 is 1.29 bits per heavy atom. The van der Waals surface area contributed by atoms with Gasteiger partial charge in [0.25, 0.3) is 0 Å². The van der Waals surface area contributed by atoms with Gasteiger partial charge < -0.3 is 14.9 Å². The van der Waals surface area contributed by atoms with Crippen molar-refractivity contribution >= 4 is 0 Å². The molecular weight excluding hydrogens is 300 g/mol. The standard InChI is InChI=1S/C21H28O3/c1-4-20(16-6-10-18(23)11-7-16)21(5-2)17-8-12-19(13-9-17)24-14-15(3)22/h6-13,15,20-23H,4-5,14H2,1-3H3/t15?,20-,21+/m1/s1. The summed E-state index contributed by atoms with van der Waals surface area (Å²) in [5, 5.41) is 18.8. The van der Waals surface area contributed by atoms with Gasteiger partial charge in [-0.25, -0.2) is 0 Å². The van der Waals surface area contributed by atoms with E-state index in [9.17, 15) is 10.2 Å². The maximum Gasteiger partial charge on any atom is 0.119 e. The quantitative estimate of drug-likeness (QED) is 0.729. The van der Waals surface area contributed by atoms with Crippen LogP contribution in [0, 0.1) is 0 Å². The lowest BCUT2D eigenvalue weighted by atomic mass is 9.78. The summed E-state index contributed by atoms with van der Waals surface area (Å²) >= 11 is 0. The molecule has 3 nitrogen and oxygen atoms in total. The summed E-state index contributed by atoms with van der Waals surface area (Å²) in [4.78, 5) is 0. The lowest BCUT2D eigenvalue weighted by molar-refractivity contribution is 0.122. The molecule has 24 heavy (non-hydrogen) atoms. The smallest absolute Gasteiger partial charge is 0.119 e. The molecule has 0 saturated carbocycles. The topological polar surface area (TPSA) is 49.7 Å². The molecule has 2 aromatic carbocycles. The predicted octanol–water partition coefficient (Wildman–Crippen LogP) is 4.84. The highest BCUT2D eigenvalue weighted by atomic mass is 16.5. The van der Waals surface area contributed by atoms with Crippen LogP contribution in [0.15, 0.2) is 48.5 Å². The third-order valence-electron chi connectivity index (χ3n) is 4.49. The van der Waals surface area contributed by atoms with E-state index >= 15 is 0 Å². The lowest BCUT2D eigenvalue weighted by Crippen LogP contribution is -2.13. The summed E-state index contributed by atoms with van der Waals surface area (Å²) in [5.74, 6) is 1.93. The van der Waals surface area contributed by atoms with E-state index in [0.29, 0.717) is 24.2 Å². The van der Waals surface area contributed by atoms with Crippen LogP contribution in [0.5, 0.6) is 11.5 Å². The van der Waals surface area contributed by atoms with Crippen molar-refractivity contribution in [3.8, 4) is 11.5 Å². The number of hydrogen-bond acceptors (Lipinski definition) is 3. The molecule has 0 aliphatic carbocycles. The van der Waals surface area contributed by atoms with Gasteiger partial charge in [0.2, 0.25) is 0 Å². The number of aliphatic hydroxyl groups excluding tert-OH is 1. The molecule has 0 radical (unpaired) electrons. The molecule has 130 valence electrons. The highest BCUT2D eigenvalue weighted by Crippen LogP contribution is 2.38. The van der Waals surface area contributed by atoms with E-state index in [0.717, 1.165) is 18.6 Å². The van der Waals surface area contributed by atoms with Crippen molar-refractivity contribution in [1.82, 2.24) is 0 Å². The molecule has 0 spiro atoms. The summed E-state index contributed by atoms with van der Waals surface area (Å²) in [6.07, 6.45) is 1.63. The van der Waals surface area contributed by atoms with Gasteiger partial charge in [0.1, 0.15) is 18.1 Å². The molecule has 0 aliphatic rings. The fourth-order valence-corrected chi connectivity index (χ4v) is 3.25. The molecule has 0 saturated heterocycles. The van der Waals surface area contributed by atoms with Gasteiger partial charge in [-0.2, -0.15) is 0 Å². The molecule has 1 unspecified atom stereocenters. The molecule has 0 aromatic heterocycles. The fraction of sp³-hybridized carbons (Fsp3) is 0.429. The summed E-state index contributed by atoms with van der Waals surface area (Å²) in [5.41, 5.74) is 2.55. The molecule has 2 rings (SSSR count). The Balaban J connectivity index is 2.17. The van der Waals surface area contributed by atoms with E-state index < -0.39 is 6.10 Å². The van der Waals surface area contributed by atoms with E-state index in [1.54, 1.807) is 19.1 Å². The van der Waals surface area contributed by atoms with E-state index in [-0.39, 0.29) is 0 Å². The van der Waals surface area contributed by atoms with Crippen molar-refractivity contribution in [2.45, 2.75) is 51.6 Å². The number of hydrogen-bond donors (Lipinski definition) is 2. The molecule has 2 N–H and O–H groups in total. The number of benzene rings is 2. The maximum absolute atomic E-state index is 9.51. The normalized spacial score (nSPS) is 14.8. The Bertz CT molecular complexity index is 602. The highest BCUT2D eigenvalue weighted by molar-refractivity contribution is 5.34. The Morgan fingerprint density at radius 3 is 1.71 bits per heavy atom. The zero-order valence-electron chi connectivity index (χ0n) is 14.8. The molecule has 2 aromatic rings. The van der Waals surface area contributed by atoms with Crippen LogP contribution in [-0.2, 0) is 0 Å². The Labute approximate surface area is 144 Å². The zero-order chi connectivity index (χ0) is 17.5. The minimum Gasteiger partial charge on any atom is -0.508 e. The molecule has 0 aliphatic heterocycles. The van der Waals surface area contributed by atoms with Crippen molar-refractivity contribution in [3.05, 3.63) is 59.7 Å². The van der Waals surface area contributed by atoms with Crippen LogP contribution < -0.4 is 4.74 Å². The van der Waals surface area contributed by atoms with Gasteiger partial charge in [0.05, 0.1) is 6.10 Å². The Morgan fingerprint density at radius 1 is 0.833 bits per heavy atom. The molecule has 3 atom stereocenters. The van der Waals surface area contributed by atoms with Gasteiger partial charge in [-0.15, -0.1) is 0 Å². The third-order valence-corrected chi connectivity index (χ3v) is 4.49. The van der Waals surface area contributed by atoms with E-state index in [2.05, 4.69) is 26.0 Å². The fourth-order valence-electron chi connectivity index (χ4n) is 3.25. The second-order valence-electron chi connectivity index (χ2n) is 6.35. The van der Waals surface area contributed by atoms with Gasteiger partial charge in [-0.1, -0.05) is 38.1 Å². The van der Waals surface area contributed by atoms with Gasteiger partial charge in [0.15, 0.2) is 0 Å². The van der Waals surface area contributed by atoms with Crippen LogP contribution in [0.1, 0.15) is 56.6 Å². The predicted molar refractivity (Wildman–Crippen MR) is 97.8 cm³/mol. The second-order valence-corrected chi connectivity index (χ2v) is 6.35. The van der Waals surface area contributed by atoms with Crippen LogP contribution in [0.4, 0.5) is 0 Å². The first-order chi connectivity index (χ1) is 11.5. The average molecular weight is 328 g/mol. The lowest BCUT2D eigenvalue weighted by Gasteiger charge is -2.26. The summed E-state index contributed by atoms with van der Waals surface area (Å²) in [6, 6.07) is 15.8. The minimum atomic E-state index is -0.466. The first kappa shape index (κ1) is 18.3. The largest absolute Gasteiger partial charge is 0.508 e. The maximum atomic E-state index is 9.51.